The Balaban J connectivity index is 0.00000220. The van der Waals surface area contributed by atoms with Gasteiger partial charge in [-0.3, -0.25) is 0 Å². The third-order valence-corrected chi connectivity index (χ3v) is 5.02. The number of carbonyl (C=O) groups excluding carboxylic acids is 2. The molecule has 6 nitrogen and oxygen atoms in total. The van der Waals surface area contributed by atoms with Gasteiger partial charge in [-0.2, -0.15) is 0 Å². The first-order valence-electron chi connectivity index (χ1n) is 6.94. The van der Waals surface area contributed by atoms with E-state index < -0.39 is 23.3 Å². The van der Waals surface area contributed by atoms with Gasteiger partial charge in [-0.25, -0.2) is 0 Å². The van der Waals surface area contributed by atoms with E-state index in [1.165, 1.54) is 0 Å². The van der Waals surface area contributed by atoms with Crippen molar-refractivity contribution in [2.75, 3.05) is 0 Å². The molecule has 0 bridgehead atoms. The van der Waals surface area contributed by atoms with Crippen LogP contribution in [-0.2, 0) is 47.0 Å². The Labute approximate surface area is 158 Å². The van der Waals surface area contributed by atoms with Gasteiger partial charge in [-0.1, -0.05) is 21.3 Å². The summed E-state index contributed by atoms with van der Waals surface area (Å²) in [4.78, 5) is 24.3. The van der Waals surface area contributed by atoms with Gasteiger partial charge < -0.3 is 29.3 Å². The molecule has 2 aliphatic heterocycles. The molecule has 0 N–H and O–H groups in total. The number of imide groups is 1. The van der Waals surface area contributed by atoms with Crippen molar-refractivity contribution in [3.05, 3.63) is 5.32 Å². The molecule has 2 fully saturated rings. The summed E-state index contributed by atoms with van der Waals surface area (Å²) < 4.78 is 10.9. The summed E-state index contributed by atoms with van der Waals surface area (Å²) in [6.07, 6.45) is 1.77. The molecule has 1 radical (unpaired) electrons. The van der Waals surface area contributed by atoms with Crippen molar-refractivity contribution in [2.45, 2.75) is 84.5 Å². The van der Waals surface area contributed by atoms with Gasteiger partial charge >= 0.3 is 0 Å². The van der Waals surface area contributed by atoms with E-state index in [1.807, 2.05) is 34.6 Å². The zero-order valence-electron chi connectivity index (χ0n) is 13.4. The van der Waals surface area contributed by atoms with Crippen LogP contribution in [0, 0.1) is 0 Å². The number of hydrogen-bond donors (Lipinski definition) is 0. The molecular formula is C15H26N2O4Y-2. The summed E-state index contributed by atoms with van der Waals surface area (Å²) in [5.41, 5.74) is -0.917. The summed E-state index contributed by atoms with van der Waals surface area (Å²) in [5.74, 6) is 0. The molecule has 3 amide bonds. The van der Waals surface area contributed by atoms with E-state index in [4.69, 9.17) is 9.47 Å². The van der Waals surface area contributed by atoms with E-state index in [1.54, 1.807) is 13.3 Å². The predicted molar refractivity (Wildman–Crippen MR) is 79.8 cm³/mol. The fourth-order valence-electron chi connectivity index (χ4n) is 2.47. The van der Waals surface area contributed by atoms with Crippen molar-refractivity contribution in [1.29, 1.82) is 0 Å². The maximum atomic E-state index is 12.2. The van der Waals surface area contributed by atoms with Crippen LogP contribution >= 0.6 is 0 Å². The fraction of sp³-hybridized carbons (Fsp3) is 0.867. The Morgan fingerprint density at radius 3 is 1.91 bits per heavy atom. The minimum Gasteiger partial charge on any atom is -0.541 e. The van der Waals surface area contributed by atoms with Gasteiger partial charge in [-0.15, -0.1) is 0 Å². The van der Waals surface area contributed by atoms with Crippen LogP contribution in [0.1, 0.15) is 49.0 Å². The number of hydrogen-bond acceptors (Lipinski definition) is 4. The van der Waals surface area contributed by atoms with Crippen molar-refractivity contribution in [2.24, 2.45) is 0 Å². The summed E-state index contributed by atoms with van der Waals surface area (Å²) >= 11 is 0. The van der Waals surface area contributed by atoms with Gasteiger partial charge in [0, 0.05) is 32.7 Å². The number of nitrogens with zero attached hydrogens (tertiary/aromatic N) is 2. The second kappa shape index (κ2) is 7.24. The molecular weight excluding hydrogens is 361 g/mol. The first kappa shape index (κ1) is 22.0. The molecule has 0 saturated carbocycles. The molecule has 2 saturated heterocycles. The quantitative estimate of drug-likeness (QED) is 0.413. The number of epoxide rings is 2. The second-order valence-corrected chi connectivity index (χ2v) is 6.11. The summed E-state index contributed by atoms with van der Waals surface area (Å²) in [6.45, 7) is 11.2. The van der Waals surface area contributed by atoms with Crippen molar-refractivity contribution < 1.29 is 51.8 Å². The van der Waals surface area contributed by atoms with Crippen molar-refractivity contribution in [1.82, 2.24) is 4.90 Å². The zero-order chi connectivity index (χ0) is 15.3. The minimum atomic E-state index is -0.590. The van der Waals surface area contributed by atoms with Crippen LogP contribution in [0.15, 0.2) is 0 Å². The average Bonchev–Trinajstić information content (AvgIpc) is 3.18. The van der Waals surface area contributed by atoms with E-state index >= 15 is 0 Å². The molecule has 0 aromatic heterocycles. The topological polar surface area (TPSA) is 76.5 Å². The Morgan fingerprint density at radius 2 is 1.59 bits per heavy atom. The van der Waals surface area contributed by atoms with E-state index in [0.717, 1.165) is 4.90 Å². The first-order chi connectivity index (χ1) is 9.16. The van der Waals surface area contributed by atoms with Crippen molar-refractivity contribution >= 4 is 12.4 Å². The molecule has 22 heavy (non-hydrogen) atoms. The van der Waals surface area contributed by atoms with E-state index in [0.29, 0.717) is 0 Å². The van der Waals surface area contributed by atoms with Gasteiger partial charge in [0.15, 0.2) is 0 Å². The second-order valence-electron chi connectivity index (χ2n) is 6.11. The molecule has 0 aromatic rings. The van der Waals surface area contributed by atoms with Gasteiger partial charge in [0.05, 0.1) is 23.4 Å². The van der Waals surface area contributed by atoms with E-state index in [2.05, 4.69) is 5.32 Å². The summed E-state index contributed by atoms with van der Waals surface area (Å²) in [5, 5.41) is 4.06. The molecule has 0 spiro atoms. The largest absolute Gasteiger partial charge is 0.541 e. The van der Waals surface area contributed by atoms with Crippen LogP contribution < -0.4 is 0 Å². The minimum absolute atomic E-state index is 0. The van der Waals surface area contributed by atoms with Crippen LogP contribution in [0.5, 0.6) is 0 Å². The summed E-state index contributed by atoms with van der Waals surface area (Å²) in [6, 6.07) is -1.30. The zero-order valence-corrected chi connectivity index (χ0v) is 16.3. The molecule has 2 aliphatic rings. The van der Waals surface area contributed by atoms with Crippen LogP contribution in [0.4, 0.5) is 4.79 Å². The third-order valence-electron chi connectivity index (χ3n) is 5.02. The Hall–Kier alpha value is -0.0361. The maximum Gasteiger partial charge on any atom is 0.0924 e. The van der Waals surface area contributed by atoms with Crippen LogP contribution in [0.3, 0.4) is 0 Å². The molecule has 7 heteroatoms. The van der Waals surface area contributed by atoms with E-state index in [9.17, 15) is 9.59 Å². The SMILES string of the molecule is C.CC([N-]C(=O)N([C-]=O)C(C)C1(C)OC1C)C1(C)OC1C.[Y]. The van der Waals surface area contributed by atoms with Crippen LogP contribution in [0.25, 0.3) is 5.32 Å². The molecule has 6 atom stereocenters. The molecule has 125 valence electrons. The number of amides is 3. The van der Waals surface area contributed by atoms with E-state index in [-0.39, 0.29) is 58.4 Å². The third kappa shape index (κ3) is 3.71. The summed E-state index contributed by atoms with van der Waals surface area (Å²) in [7, 11) is 0. The number of carbonyl (C=O) groups is 1. The normalized spacial score (nSPS) is 37.7. The number of urea groups is 1. The monoisotopic (exact) mass is 387 g/mol. The van der Waals surface area contributed by atoms with Gasteiger partial charge in [0.1, 0.15) is 0 Å². The van der Waals surface area contributed by atoms with Gasteiger partial charge in [-0.05, 0) is 52.2 Å². The average molecular weight is 387 g/mol. The molecule has 6 unspecified atom stereocenters. The number of ether oxygens (including phenoxy) is 2. The Bertz CT molecular complexity index is 436. The Kier molecular flexibility index (Phi) is 7.23. The molecule has 2 rings (SSSR count). The van der Waals surface area contributed by atoms with Crippen molar-refractivity contribution in [3.8, 4) is 0 Å². The number of rotatable bonds is 5. The standard InChI is InChI=1S/C14H23N2O4.CH4.Y/c1-8(13(5)10(3)19-13)15-12(18)16(7-17)9(2)14(6)11(4)20-14;;/h8-11H,1-6H3,(H,15,18);1H4;/q-1;;/p-1. The fourth-order valence-corrected chi connectivity index (χ4v) is 2.47. The van der Waals surface area contributed by atoms with Crippen molar-refractivity contribution in [3.63, 3.8) is 0 Å². The smallest absolute Gasteiger partial charge is 0.0924 e. The van der Waals surface area contributed by atoms with Gasteiger partial charge in [0.2, 0.25) is 0 Å². The van der Waals surface area contributed by atoms with Gasteiger partial charge in [0.25, 0.3) is 0 Å². The molecule has 0 aliphatic carbocycles. The Morgan fingerprint density at radius 1 is 1.18 bits per heavy atom. The molecule has 0 aromatic carbocycles. The van der Waals surface area contributed by atoms with Crippen LogP contribution in [-0.4, -0.2) is 52.8 Å². The molecule has 2 heterocycles. The van der Waals surface area contributed by atoms with Crippen LogP contribution in [0.2, 0.25) is 0 Å². The predicted octanol–water partition coefficient (Wildman–Crippen LogP) is 2.61. The maximum absolute atomic E-state index is 12.2. The first-order valence-corrected chi connectivity index (χ1v) is 6.94.